The summed E-state index contributed by atoms with van der Waals surface area (Å²) in [7, 11) is 0. The van der Waals surface area contributed by atoms with Gasteiger partial charge in [0.15, 0.2) is 5.82 Å². The average Bonchev–Trinajstić information content (AvgIpc) is 2.49. The van der Waals surface area contributed by atoms with Gasteiger partial charge in [0.2, 0.25) is 0 Å². The molecule has 1 aromatic carbocycles. The van der Waals surface area contributed by atoms with Crippen LogP contribution in [0, 0.1) is 12.8 Å². The highest BCUT2D eigenvalue weighted by Gasteiger charge is 2.18. The molecule has 0 unspecified atom stereocenters. The van der Waals surface area contributed by atoms with Gasteiger partial charge in [-0.05, 0) is 38.5 Å². The van der Waals surface area contributed by atoms with Crippen molar-refractivity contribution in [3.05, 3.63) is 30.0 Å². The van der Waals surface area contributed by atoms with Gasteiger partial charge in [0.1, 0.15) is 0 Å². The van der Waals surface area contributed by atoms with Gasteiger partial charge in [0.05, 0.1) is 5.69 Å². The molecule has 4 heteroatoms. The Hall–Kier alpha value is -1.68. The number of hydrogen-bond donors (Lipinski definition) is 2. The maximum Gasteiger partial charge on any atom is 0.156 e. The molecule has 0 radical (unpaired) electrons. The van der Waals surface area contributed by atoms with Gasteiger partial charge in [0.25, 0.3) is 0 Å². The summed E-state index contributed by atoms with van der Waals surface area (Å²) in [6.45, 7) is 2.97. The van der Waals surface area contributed by atoms with Crippen molar-refractivity contribution >= 4 is 16.6 Å². The Balaban J connectivity index is 1.73. The maximum absolute atomic E-state index is 5.95. The fourth-order valence-electron chi connectivity index (χ4n) is 3.00. The molecule has 4 nitrogen and oxygen atoms in total. The first-order chi connectivity index (χ1) is 9.74. The Bertz CT molecular complexity index is 588. The molecule has 1 fully saturated rings. The summed E-state index contributed by atoms with van der Waals surface area (Å²) in [6, 6.07) is 8.71. The Morgan fingerprint density at radius 3 is 2.55 bits per heavy atom. The Labute approximate surface area is 119 Å². The lowest BCUT2D eigenvalue weighted by Gasteiger charge is -2.26. The molecule has 0 atom stereocenters. The zero-order valence-corrected chi connectivity index (χ0v) is 12.0. The number of nitrogens with one attached hydrogen (secondary N) is 1. The van der Waals surface area contributed by atoms with Crippen LogP contribution in [-0.2, 0) is 0 Å². The molecular formula is C16H22N4. The van der Waals surface area contributed by atoms with E-state index in [9.17, 15) is 0 Å². The highest BCUT2D eigenvalue weighted by Crippen LogP contribution is 2.26. The number of rotatable bonds is 3. The van der Waals surface area contributed by atoms with Crippen LogP contribution in [0.3, 0.4) is 0 Å². The van der Waals surface area contributed by atoms with Gasteiger partial charge < -0.3 is 11.1 Å². The van der Waals surface area contributed by atoms with E-state index in [0.717, 1.165) is 36.3 Å². The van der Waals surface area contributed by atoms with Crippen LogP contribution in [0.1, 0.15) is 31.4 Å². The summed E-state index contributed by atoms with van der Waals surface area (Å²) in [4.78, 5) is 0. The van der Waals surface area contributed by atoms with Gasteiger partial charge in [-0.25, -0.2) is 0 Å². The zero-order valence-electron chi connectivity index (χ0n) is 12.0. The second-order valence-electron chi connectivity index (χ2n) is 5.84. The number of anilines is 1. The second-order valence-corrected chi connectivity index (χ2v) is 5.84. The summed E-state index contributed by atoms with van der Waals surface area (Å²) in [5, 5.41) is 14.4. The minimum absolute atomic E-state index is 0.409. The number of aryl methyl sites for hydroxylation is 1. The SMILES string of the molecule is Cc1nnc(NCC2CCC(N)CC2)c2ccccc12. The van der Waals surface area contributed by atoms with Crippen molar-refractivity contribution in [2.24, 2.45) is 11.7 Å². The zero-order chi connectivity index (χ0) is 13.9. The summed E-state index contributed by atoms with van der Waals surface area (Å²) >= 11 is 0. The standard InChI is InChI=1S/C16H22N4/c1-11-14-4-2-3-5-15(14)16(20-19-11)18-10-12-6-8-13(17)9-7-12/h2-5,12-13H,6-10,17H2,1H3,(H,18,20). The lowest BCUT2D eigenvalue weighted by molar-refractivity contribution is 0.338. The quantitative estimate of drug-likeness (QED) is 0.900. The summed E-state index contributed by atoms with van der Waals surface area (Å²) in [5.74, 6) is 1.61. The van der Waals surface area contributed by atoms with Crippen LogP contribution in [0.25, 0.3) is 10.8 Å². The molecule has 106 valence electrons. The summed E-state index contributed by atoms with van der Waals surface area (Å²) < 4.78 is 0. The van der Waals surface area contributed by atoms with E-state index < -0.39 is 0 Å². The van der Waals surface area contributed by atoms with Crippen LogP contribution in [-0.4, -0.2) is 22.8 Å². The minimum Gasteiger partial charge on any atom is -0.368 e. The first-order valence-corrected chi connectivity index (χ1v) is 7.45. The molecule has 0 amide bonds. The molecule has 1 heterocycles. The lowest BCUT2D eigenvalue weighted by atomic mass is 9.86. The minimum atomic E-state index is 0.409. The van der Waals surface area contributed by atoms with Crippen LogP contribution in [0.5, 0.6) is 0 Å². The molecule has 0 aliphatic heterocycles. The molecule has 3 rings (SSSR count). The first-order valence-electron chi connectivity index (χ1n) is 7.45. The number of nitrogens with zero attached hydrogens (tertiary/aromatic N) is 2. The highest BCUT2D eigenvalue weighted by atomic mass is 15.2. The van der Waals surface area contributed by atoms with Crippen LogP contribution < -0.4 is 11.1 Å². The van der Waals surface area contributed by atoms with Crippen molar-refractivity contribution in [2.75, 3.05) is 11.9 Å². The number of nitrogens with two attached hydrogens (primary N) is 1. The average molecular weight is 270 g/mol. The van der Waals surface area contributed by atoms with E-state index in [1.807, 2.05) is 19.1 Å². The molecule has 20 heavy (non-hydrogen) atoms. The molecule has 0 bridgehead atoms. The molecule has 2 aromatic rings. The highest BCUT2D eigenvalue weighted by molar-refractivity contribution is 5.92. The molecule has 1 aromatic heterocycles. The van der Waals surface area contributed by atoms with Crippen molar-refractivity contribution in [2.45, 2.75) is 38.6 Å². The van der Waals surface area contributed by atoms with Crippen molar-refractivity contribution in [1.29, 1.82) is 0 Å². The van der Waals surface area contributed by atoms with Crippen LogP contribution in [0.2, 0.25) is 0 Å². The summed E-state index contributed by atoms with van der Waals surface area (Å²) in [5.41, 5.74) is 6.93. The Morgan fingerprint density at radius 2 is 1.80 bits per heavy atom. The summed E-state index contributed by atoms with van der Waals surface area (Å²) in [6.07, 6.45) is 4.72. The van der Waals surface area contributed by atoms with E-state index in [2.05, 4.69) is 27.6 Å². The van der Waals surface area contributed by atoms with E-state index in [-0.39, 0.29) is 0 Å². The van der Waals surface area contributed by atoms with E-state index in [1.165, 1.54) is 18.2 Å². The van der Waals surface area contributed by atoms with Gasteiger partial charge in [-0.2, -0.15) is 5.10 Å². The number of fused-ring (bicyclic) bond motifs is 1. The molecule has 3 N–H and O–H groups in total. The fraction of sp³-hybridized carbons (Fsp3) is 0.500. The largest absolute Gasteiger partial charge is 0.368 e. The normalized spacial score (nSPS) is 22.9. The van der Waals surface area contributed by atoms with Crippen LogP contribution >= 0.6 is 0 Å². The second kappa shape index (κ2) is 5.75. The third kappa shape index (κ3) is 2.75. The third-order valence-electron chi connectivity index (χ3n) is 4.32. The molecule has 1 aliphatic rings. The van der Waals surface area contributed by atoms with Gasteiger partial charge >= 0.3 is 0 Å². The molecule has 1 aliphatic carbocycles. The smallest absolute Gasteiger partial charge is 0.156 e. The topological polar surface area (TPSA) is 63.8 Å². The van der Waals surface area contributed by atoms with Gasteiger partial charge in [-0.15, -0.1) is 5.10 Å². The van der Waals surface area contributed by atoms with Gasteiger partial charge in [0, 0.05) is 23.4 Å². The predicted molar refractivity (Wildman–Crippen MR) is 82.7 cm³/mol. The van der Waals surface area contributed by atoms with Crippen molar-refractivity contribution < 1.29 is 0 Å². The predicted octanol–water partition coefficient (Wildman–Crippen LogP) is 2.87. The van der Waals surface area contributed by atoms with E-state index >= 15 is 0 Å². The number of benzene rings is 1. The van der Waals surface area contributed by atoms with Crippen molar-refractivity contribution in [3.63, 3.8) is 0 Å². The molecule has 1 saturated carbocycles. The lowest BCUT2D eigenvalue weighted by Crippen LogP contribution is -2.29. The van der Waals surface area contributed by atoms with Crippen molar-refractivity contribution in [3.8, 4) is 0 Å². The fourth-order valence-corrected chi connectivity index (χ4v) is 3.00. The monoisotopic (exact) mass is 270 g/mol. The van der Waals surface area contributed by atoms with E-state index in [4.69, 9.17) is 5.73 Å². The van der Waals surface area contributed by atoms with Crippen LogP contribution in [0.4, 0.5) is 5.82 Å². The number of hydrogen-bond acceptors (Lipinski definition) is 4. The van der Waals surface area contributed by atoms with Crippen molar-refractivity contribution in [1.82, 2.24) is 10.2 Å². The molecule has 0 saturated heterocycles. The third-order valence-corrected chi connectivity index (χ3v) is 4.32. The maximum atomic E-state index is 5.95. The van der Waals surface area contributed by atoms with Crippen LogP contribution in [0.15, 0.2) is 24.3 Å². The van der Waals surface area contributed by atoms with Gasteiger partial charge in [-0.1, -0.05) is 24.3 Å². The van der Waals surface area contributed by atoms with E-state index in [0.29, 0.717) is 12.0 Å². The Kier molecular flexibility index (Phi) is 3.83. The molecular weight excluding hydrogens is 248 g/mol. The molecule has 0 spiro atoms. The first kappa shape index (κ1) is 13.3. The van der Waals surface area contributed by atoms with E-state index in [1.54, 1.807) is 0 Å². The van der Waals surface area contributed by atoms with Gasteiger partial charge in [-0.3, -0.25) is 0 Å². The Morgan fingerprint density at radius 1 is 1.10 bits per heavy atom. The number of aromatic nitrogens is 2.